The van der Waals surface area contributed by atoms with Crippen molar-refractivity contribution in [2.24, 2.45) is 4.99 Å². The van der Waals surface area contributed by atoms with Gasteiger partial charge in [-0.2, -0.15) is 0 Å². The van der Waals surface area contributed by atoms with E-state index in [9.17, 15) is 4.79 Å². The van der Waals surface area contributed by atoms with Gasteiger partial charge in [-0.25, -0.2) is 9.79 Å². The number of carbonyl (C=O) groups excluding carboxylic acids is 1. The molecule has 26 heavy (non-hydrogen) atoms. The van der Waals surface area contributed by atoms with Crippen molar-refractivity contribution in [3.63, 3.8) is 0 Å². The maximum Gasteiger partial charge on any atom is 0.363 e. The molecule has 0 saturated heterocycles. The molecule has 5 nitrogen and oxygen atoms in total. The fraction of sp³-hybridized carbons (Fsp3) is 0.200. The highest BCUT2D eigenvalue weighted by molar-refractivity contribution is 14.1. The highest BCUT2D eigenvalue weighted by atomic mass is 127. The maximum absolute atomic E-state index is 12.2. The number of halogens is 1. The largest absolute Gasteiger partial charge is 0.493 e. The van der Waals surface area contributed by atoms with E-state index < -0.39 is 5.97 Å². The quantitative estimate of drug-likeness (QED) is 0.376. The summed E-state index contributed by atoms with van der Waals surface area (Å²) < 4.78 is 17.3. The Morgan fingerprint density at radius 1 is 1.27 bits per heavy atom. The van der Waals surface area contributed by atoms with Crippen molar-refractivity contribution in [3.8, 4) is 11.5 Å². The van der Waals surface area contributed by atoms with Gasteiger partial charge in [0.2, 0.25) is 5.90 Å². The third-order valence-corrected chi connectivity index (χ3v) is 4.64. The minimum atomic E-state index is -0.467. The van der Waals surface area contributed by atoms with Crippen LogP contribution in [-0.2, 0) is 9.53 Å². The fourth-order valence-electron chi connectivity index (χ4n) is 2.60. The van der Waals surface area contributed by atoms with E-state index in [1.165, 1.54) is 0 Å². The average molecular weight is 463 g/mol. The number of methoxy groups -OCH3 is 1. The number of carbonyl (C=O) groups is 1. The Morgan fingerprint density at radius 2 is 2.04 bits per heavy atom. The minimum absolute atomic E-state index is 0.255. The van der Waals surface area contributed by atoms with Crippen LogP contribution in [0.25, 0.3) is 6.08 Å². The molecule has 6 heteroatoms. The van der Waals surface area contributed by atoms with Crippen LogP contribution in [0, 0.1) is 10.5 Å². The number of ether oxygens (including phenoxy) is 3. The van der Waals surface area contributed by atoms with E-state index in [1.807, 2.05) is 50.2 Å². The molecule has 1 heterocycles. The van der Waals surface area contributed by atoms with Crippen LogP contribution in [-0.4, -0.2) is 25.6 Å². The van der Waals surface area contributed by atoms with E-state index in [1.54, 1.807) is 13.2 Å². The second-order valence-corrected chi connectivity index (χ2v) is 6.78. The third-order valence-electron chi connectivity index (χ3n) is 3.84. The van der Waals surface area contributed by atoms with Crippen molar-refractivity contribution in [1.29, 1.82) is 0 Å². The van der Waals surface area contributed by atoms with E-state index in [4.69, 9.17) is 14.2 Å². The number of aryl methyl sites for hydroxylation is 1. The SMILES string of the molecule is CCOc1c(I)cc(/C=C2\N=C(c3ccccc3C)OC2=O)cc1OC. The van der Waals surface area contributed by atoms with Crippen LogP contribution in [0.5, 0.6) is 11.5 Å². The van der Waals surface area contributed by atoms with Crippen molar-refractivity contribution in [2.45, 2.75) is 13.8 Å². The van der Waals surface area contributed by atoms with E-state index in [0.29, 0.717) is 24.0 Å². The van der Waals surface area contributed by atoms with Gasteiger partial charge in [-0.1, -0.05) is 18.2 Å². The zero-order valence-corrected chi connectivity index (χ0v) is 16.9. The topological polar surface area (TPSA) is 57.1 Å². The first-order valence-electron chi connectivity index (χ1n) is 8.12. The highest BCUT2D eigenvalue weighted by Gasteiger charge is 2.25. The van der Waals surface area contributed by atoms with Crippen LogP contribution < -0.4 is 9.47 Å². The zero-order valence-electron chi connectivity index (χ0n) is 14.7. The molecule has 1 aliphatic rings. The van der Waals surface area contributed by atoms with Crippen LogP contribution in [0.15, 0.2) is 47.1 Å². The smallest absolute Gasteiger partial charge is 0.363 e. The molecule has 0 aromatic heterocycles. The molecule has 0 N–H and O–H groups in total. The molecule has 0 radical (unpaired) electrons. The van der Waals surface area contributed by atoms with Gasteiger partial charge in [0.05, 0.1) is 17.3 Å². The predicted octanol–water partition coefficient (Wildman–Crippen LogP) is 4.35. The molecular weight excluding hydrogens is 445 g/mol. The Bertz CT molecular complexity index is 918. The van der Waals surface area contributed by atoms with Gasteiger partial charge in [-0.3, -0.25) is 0 Å². The highest BCUT2D eigenvalue weighted by Crippen LogP contribution is 2.35. The van der Waals surface area contributed by atoms with Gasteiger partial charge in [-0.15, -0.1) is 0 Å². The molecule has 0 bridgehead atoms. The lowest BCUT2D eigenvalue weighted by atomic mass is 10.1. The lowest BCUT2D eigenvalue weighted by molar-refractivity contribution is -0.129. The lowest BCUT2D eigenvalue weighted by Gasteiger charge is -2.12. The van der Waals surface area contributed by atoms with Crippen molar-refractivity contribution in [1.82, 2.24) is 0 Å². The minimum Gasteiger partial charge on any atom is -0.493 e. The van der Waals surface area contributed by atoms with Crippen LogP contribution in [0.1, 0.15) is 23.6 Å². The number of nitrogens with zero attached hydrogens (tertiary/aromatic N) is 1. The van der Waals surface area contributed by atoms with Crippen LogP contribution >= 0.6 is 22.6 Å². The first kappa shape index (κ1) is 18.4. The summed E-state index contributed by atoms with van der Waals surface area (Å²) >= 11 is 2.18. The van der Waals surface area contributed by atoms with Crippen molar-refractivity contribution in [2.75, 3.05) is 13.7 Å². The second kappa shape index (κ2) is 7.90. The first-order valence-corrected chi connectivity index (χ1v) is 9.20. The van der Waals surface area contributed by atoms with Crippen LogP contribution in [0.4, 0.5) is 0 Å². The summed E-state index contributed by atoms with van der Waals surface area (Å²) in [7, 11) is 1.59. The zero-order chi connectivity index (χ0) is 18.7. The molecule has 1 aliphatic heterocycles. The van der Waals surface area contributed by atoms with Crippen molar-refractivity contribution < 1.29 is 19.0 Å². The van der Waals surface area contributed by atoms with Gasteiger partial charge in [-0.05, 0) is 71.8 Å². The molecule has 0 saturated carbocycles. The molecule has 0 atom stereocenters. The predicted molar refractivity (Wildman–Crippen MR) is 109 cm³/mol. The lowest BCUT2D eigenvalue weighted by Crippen LogP contribution is -2.06. The number of rotatable bonds is 5. The Morgan fingerprint density at radius 3 is 2.73 bits per heavy atom. The number of esters is 1. The van der Waals surface area contributed by atoms with Gasteiger partial charge in [0.1, 0.15) is 0 Å². The van der Waals surface area contributed by atoms with Gasteiger partial charge in [0.15, 0.2) is 17.2 Å². The molecule has 0 fully saturated rings. The molecule has 0 spiro atoms. The summed E-state index contributed by atoms with van der Waals surface area (Å²) in [6, 6.07) is 11.4. The summed E-state index contributed by atoms with van der Waals surface area (Å²) in [4.78, 5) is 16.6. The molecule has 0 aliphatic carbocycles. The molecule has 2 aromatic rings. The third kappa shape index (κ3) is 3.75. The number of hydrogen-bond donors (Lipinski definition) is 0. The summed E-state index contributed by atoms with van der Waals surface area (Å²) in [5.41, 5.74) is 2.85. The van der Waals surface area contributed by atoms with Crippen molar-refractivity contribution >= 4 is 40.5 Å². The monoisotopic (exact) mass is 463 g/mol. The summed E-state index contributed by atoms with van der Waals surface area (Å²) in [5.74, 6) is 1.16. The molecular formula is C20H18INO4. The molecule has 2 aromatic carbocycles. The van der Waals surface area contributed by atoms with Gasteiger partial charge >= 0.3 is 5.97 Å². The standard InChI is InChI=1S/C20H18INO4/c1-4-25-18-15(21)9-13(11-17(18)24-3)10-16-20(23)26-19(22-16)14-8-6-5-7-12(14)2/h5-11H,4H2,1-3H3/b16-10-. The fourth-order valence-corrected chi connectivity index (χ4v) is 3.38. The Hall–Kier alpha value is -2.35. The van der Waals surface area contributed by atoms with E-state index in [-0.39, 0.29) is 5.70 Å². The van der Waals surface area contributed by atoms with E-state index >= 15 is 0 Å². The summed E-state index contributed by atoms with van der Waals surface area (Å²) in [6.07, 6.45) is 1.69. The number of benzene rings is 2. The summed E-state index contributed by atoms with van der Waals surface area (Å²) in [5, 5.41) is 0. The molecule has 3 rings (SSSR count). The Balaban J connectivity index is 1.98. The van der Waals surface area contributed by atoms with Gasteiger partial charge in [0, 0.05) is 5.56 Å². The van der Waals surface area contributed by atoms with E-state index in [2.05, 4.69) is 27.6 Å². The number of aliphatic imine (C=N–C) groups is 1. The second-order valence-electron chi connectivity index (χ2n) is 5.62. The summed E-state index contributed by atoms with van der Waals surface area (Å²) in [6.45, 7) is 4.41. The first-order chi connectivity index (χ1) is 12.5. The Labute approximate surface area is 165 Å². The average Bonchev–Trinajstić information content (AvgIpc) is 2.98. The molecule has 0 amide bonds. The maximum atomic E-state index is 12.2. The number of hydrogen-bond acceptors (Lipinski definition) is 5. The molecule has 0 unspecified atom stereocenters. The van der Waals surface area contributed by atoms with E-state index in [0.717, 1.165) is 20.3 Å². The molecule has 134 valence electrons. The van der Waals surface area contributed by atoms with Gasteiger partial charge in [0.25, 0.3) is 0 Å². The van der Waals surface area contributed by atoms with Crippen LogP contribution in [0.3, 0.4) is 0 Å². The van der Waals surface area contributed by atoms with Gasteiger partial charge < -0.3 is 14.2 Å². The van der Waals surface area contributed by atoms with Crippen molar-refractivity contribution in [3.05, 3.63) is 62.4 Å². The Kier molecular flexibility index (Phi) is 5.61. The van der Waals surface area contributed by atoms with Crippen LogP contribution in [0.2, 0.25) is 0 Å². The normalized spacial score (nSPS) is 15.0. The number of cyclic esters (lactones) is 1.